The maximum atomic E-state index is 12.7. The van der Waals surface area contributed by atoms with Crippen molar-refractivity contribution in [3.63, 3.8) is 0 Å². The Morgan fingerprint density at radius 3 is 2.11 bits per heavy atom. The smallest absolute Gasteiger partial charge is 0.326 e. The first kappa shape index (κ1) is 25.9. The van der Waals surface area contributed by atoms with Crippen LogP contribution in [-0.4, -0.2) is 47.7 Å². The summed E-state index contributed by atoms with van der Waals surface area (Å²) < 4.78 is 0. The molecule has 2 atom stereocenters. The number of H-pyrrole nitrogens is 1. The Hall–Kier alpha value is -4.14. The molecule has 0 radical (unpaired) electrons. The van der Waals surface area contributed by atoms with E-state index in [0.29, 0.717) is 17.2 Å². The number of aliphatic carboxylic acids is 1. The molecule has 0 aliphatic heterocycles. The van der Waals surface area contributed by atoms with Gasteiger partial charge in [0.1, 0.15) is 6.04 Å². The minimum absolute atomic E-state index is 0.0108. The zero-order valence-electron chi connectivity index (χ0n) is 22.0. The van der Waals surface area contributed by atoms with Crippen LogP contribution in [0.25, 0.3) is 22.8 Å². The number of hydrogen-bond donors (Lipinski definition) is 3. The van der Waals surface area contributed by atoms with E-state index in [0.717, 1.165) is 16.8 Å². The summed E-state index contributed by atoms with van der Waals surface area (Å²) in [4.78, 5) is 21.8. The molecule has 4 rings (SSSR count). The van der Waals surface area contributed by atoms with Gasteiger partial charge in [-0.25, -0.2) is 14.8 Å². The van der Waals surface area contributed by atoms with Crippen LogP contribution in [0.4, 0.5) is 5.69 Å². The molecule has 2 aromatic carbocycles. The van der Waals surface area contributed by atoms with Crippen LogP contribution in [0, 0.1) is 5.41 Å². The quantitative estimate of drug-likeness (QED) is 0.312. The van der Waals surface area contributed by atoms with Crippen LogP contribution in [0.3, 0.4) is 0 Å². The zero-order valence-corrected chi connectivity index (χ0v) is 22.0. The fourth-order valence-corrected chi connectivity index (χ4v) is 4.52. The van der Waals surface area contributed by atoms with E-state index >= 15 is 0 Å². The molecule has 0 fully saturated rings. The van der Waals surface area contributed by atoms with Crippen molar-refractivity contribution in [2.75, 3.05) is 5.32 Å². The van der Waals surface area contributed by atoms with Gasteiger partial charge in [0.15, 0.2) is 5.82 Å². The van der Waals surface area contributed by atoms with Gasteiger partial charge in [0.25, 0.3) is 0 Å². The molecule has 9 heteroatoms. The summed E-state index contributed by atoms with van der Waals surface area (Å²) in [6.07, 6.45) is 3.28. The molecule has 2 aromatic heterocycles. The lowest BCUT2D eigenvalue weighted by atomic mass is 9.70. The molecule has 37 heavy (non-hydrogen) atoms. The third kappa shape index (κ3) is 5.82. The zero-order chi connectivity index (χ0) is 26.8. The summed E-state index contributed by atoms with van der Waals surface area (Å²) in [5, 5.41) is 27.6. The van der Waals surface area contributed by atoms with Gasteiger partial charge in [-0.1, -0.05) is 77.9 Å². The van der Waals surface area contributed by atoms with Crippen LogP contribution in [0.15, 0.2) is 60.9 Å². The molecule has 3 N–H and O–H groups in total. The van der Waals surface area contributed by atoms with Crippen LogP contribution in [-0.2, 0) is 10.2 Å². The standard InChI is InChI=1S/C28H33N7O2/c1-27(2,3)18-11-13-19(14-12-18)31-23(26(36)37)22(28(4,5)6)20-9-7-8-10-21(20)25-29-15-17(16-30-25)24-32-34-35-33-24/h7-16,22-23,31H,1-6H3,(H,36,37)(H,32,33,34,35)/t22-,23-/m0/s1. The second-order valence-electron chi connectivity index (χ2n) is 11.2. The third-order valence-electron chi connectivity index (χ3n) is 6.40. The van der Waals surface area contributed by atoms with Crippen LogP contribution in [0.1, 0.15) is 58.6 Å². The SMILES string of the molecule is CC(C)(C)c1ccc(N[C@H](C(=O)O)[C@H](c2ccccc2-c2ncc(-c3nn[nH]n3)cn2)C(C)(C)C)cc1. The predicted molar refractivity (Wildman–Crippen MR) is 143 cm³/mol. The number of benzene rings is 2. The molecule has 2 heterocycles. The van der Waals surface area contributed by atoms with Crippen molar-refractivity contribution < 1.29 is 9.90 Å². The second-order valence-corrected chi connectivity index (χ2v) is 11.2. The summed E-state index contributed by atoms with van der Waals surface area (Å²) in [5.74, 6) is -0.428. The van der Waals surface area contributed by atoms with E-state index in [2.05, 4.69) is 77.5 Å². The van der Waals surface area contributed by atoms with E-state index in [9.17, 15) is 9.90 Å². The molecular weight excluding hydrogens is 466 g/mol. The Morgan fingerprint density at radius 2 is 1.57 bits per heavy atom. The fraction of sp³-hybridized carbons (Fsp3) is 0.357. The van der Waals surface area contributed by atoms with Crippen molar-refractivity contribution in [1.29, 1.82) is 0 Å². The van der Waals surface area contributed by atoms with Crippen molar-refractivity contribution in [1.82, 2.24) is 30.6 Å². The Labute approximate surface area is 216 Å². The molecule has 0 unspecified atom stereocenters. The molecule has 0 aliphatic rings. The number of nitrogens with one attached hydrogen (secondary N) is 2. The van der Waals surface area contributed by atoms with Gasteiger partial charge in [-0.05, 0) is 39.3 Å². The van der Waals surface area contributed by atoms with Gasteiger partial charge in [-0.2, -0.15) is 5.21 Å². The Balaban J connectivity index is 1.73. The third-order valence-corrected chi connectivity index (χ3v) is 6.40. The molecule has 0 saturated carbocycles. The highest BCUT2D eigenvalue weighted by molar-refractivity contribution is 5.80. The number of carbonyl (C=O) groups is 1. The number of carboxylic acids is 1. The first-order valence-electron chi connectivity index (χ1n) is 12.2. The highest BCUT2D eigenvalue weighted by atomic mass is 16.4. The monoisotopic (exact) mass is 499 g/mol. The Bertz CT molecular complexity index is 1340. The fourth-order valence-electron chi connectivity index (χ4n) is 4.52. The van der Waals surface area contributed by atoms with E-state index in [1.54, 1.807) is 12.4 Å². The number of carboxylic acid groups (broad SMARTS) is 1. The minimum Gasteiger partial charge on any atom is -0.480 e. The average molecular weight is 500 g/mol. The van der Waals surface area contributed by atoms with Gasteiger partial charge in [0.2, 0.25) is 5.82 Å². The first-order chi connectivity index (χ1) is 17.4. The lowest BCUT2D eigenvalue weighted by Gasteiger charge is -2.37. The van der Waals surface area contributed by atoms with E-state index in [4.69, 9.17) is 0 Å². The van der Waals surface area contributed by atoms with Gasteiger partial charge < -0.3 is 10.4 Å². The lowest BCUT2D eigenvalue weighted by molar-refractivity contribution is -0.139. The number of anilines is 1. The molecular formula is C28H33N7O2. The molecule has 4 aromatic rings. The van der Waals surface area contributed by atoms with Crippen LogP contribution in [0.5, 0.6) is 0 Å². The molecule has 0 spiro atoms. The van der Waals surface area contributed by atoms with Gasteiger partial charge in [0.05, 0.1) is 5.56 Å². The number of rotatable bonds is 7. The summed E-state index contributed by atoms with van der Waals surface area (Å²) in [5.41, 5.74) is 3.81. The van der Waals surface area contributed by atoms with Gasteiger partial charge >= 0.3 is 5.97 Å². The van der Waals surface area contributed by atoms with Crippen molar-refractivity contribution in [2.45, 2.75) is 58.9 Å². The van der Waals surface area contributed by atoms with Gasteiger partial charge in [0, 0.05) is 29.6 Å². The van der Waals surface area contributed by atoms with E-state index < -0.39 is 23.3 Å². The normalized spacial score (nSPS) is 13.7. The highest BCUT2D eigenvalue weighted by Crippen LogP contribution is 2.42. The van der Waals surface area contributed by atoms with Gasteiger partial charge in [-0.15, -0.1) is 10.2 Å². The number of tetrazole rings is 1. The molecule has 0 aliphatic carbocycles. The van der Waals surface area contributed by atoms with Crippen LogP contribution < -0.4 is 5.32 Å². The average Bonchev–Trinajstić information content (AvgIpc) is 3.38. The highest BCUT2D eigenvalue weighted by Gasteiger charge is 2.39. The summed E-state index contributed by atoms with van der Waals surface area (Å²) in [6.45, 7) is 12.6. The van der Waals surface area contributed by atoms with E-state index in [-0.39, 0.29) is 5.41 Å². The van der Waals surface area contributed by atoms with Crippen LogP contribution in [0.2, 0.25) is 0 Å². The van der Waals surface area contributed by atoms with Crippen molar-refractivity contribution in [3.8, 4) is 22.8 Å². The number of aromatic amines is 1. The van der Waals surface area contributed by atoms with Crippen molar-refractivity contribution in [3.05, 3.63) is 72.1 Å². The van der Waals surface area contributed by atoms with Gasteiger partial charge in [-0.3, -0.25) is 0 Å². The minimum atomic E-state index is -0.928. The number of aromatic nitrogens is 6. The maximum absolute atomic E-state index is 12.7. The van der Waals surface area contributed by atoms with E-state index in [1.165, 1.54) is 5.56 Å². The number of nitrogens with zero attached hydrogens (tertiary/aromatic N) is 5. The summed E-state index contributed by atoms with van der Waals surface area (Å²) in [7, 11) is 0. The second kappa shape index (κ2) is 10.1. The number of hydrogen-bond acceptors (Lipinski definition) is 7. The van der Waals surface area contributed by atoms with E-state index in [1.807, 2.05) is 48.5 Å². The van der Waals surface area contributed by atoms with Crippen LogP contribution >= 0.6 is 0 Å². The summed E-state index contributed by atoms with van der Waals surface area (Å²) >= 11 is 0. The predicted octanol–water partition coefficient (Wildman–Crippen LogP) is 5.32. The molecule has 0 bridgehead atoms. The lowest BCUT2D eigenvalue weighted by Crippen LogP contribution is -2.41. The molecule has 0 amide bonds. The van der Waals surface area contributed by atoms with Crippen molar-refractivity contribution in [2.24, 2.45) is 5.41 Å². The summed E-state index contributed by atoms with van der Waals surface area (Å²) in [6, 6.07) is 14.8. The molecule has 192 valence electrons. The Morgan fingerprint density at radius 1 is 0.919 bits per heavy atom. The molecule has 0 saturated heterocycles. The van der Waals surface area contributed by atoms with Crippen molar-refractivity contribution >= 4 is 11.7 Å². The topological polar surface area (TPSA) is 130 Å². The maximum Gasteiger partial charge on any atom is 0.326 e. The molecule has 9 nitrogen and oxygen atoms in total. The largest absolute Gasteiger partial charge is 0.480 e. The Kier molecular flexibility index (Phi) is 7.07. The first-order valence-corrected chi connectivity index (χ1v) is 12.2.